The van der Waals surface area contributed by atoms with Crippen LogP contribution in [-0.4, -0.2) is 76.2 Å². The summed E-state index contributed by atoms with van der Waals surface area (Å²) in [4.78, 5) is 17.3. The van der Waals surface area contributed by atoms with Gasteiger partial charge in [0, 0.05) is 50.4 Å². The standard InChI is InChI=1S/C19H31N3O3/c1-14(13-22-8-6-21(3)7-9-22)12-20-19(23)16-10-17(24-4)15(2)18(11-16)25-5/h10-11,14H,6-9,12-13H2,1-5H3,(H,20,23)/t14-/m1/s1. The van der Waals surface area contributed by atoms with Gasteiger partial charge in [0.15, 0.2) is 0 Å². The lowest BCUT2D eigenvalue weighted by molar-refractivity contribution is 0.0937. The number of hydrogen-bond donors (Lipinski definition) is 1. The molecule has 25 heavy (non-hydrogen) atoms. The van der Waals surface area contributed by atoms with Crippen molar-refractivity contribution in [1.29, 1.82) is 0 Å². The third-order valence-corrected chi connectivity index (χ3v) is 4.79. The predicted molar refractivity (Wildman–Crippen MR) is 99.7 cm³/mol. The van der Waals surface area contributed by atoms with Gasteiger partial charge in [-0.1, -0.05) is 6.92 Å². The Labute approximate surface area is 151 Å². The first-order chi connectivity index (χ1) is 11.9. The molecule has 0 unspecified atom stereocenters. The molecule has 0 aromatic heterocycles. The van der Waals surface area contributed by atoms with Crippen LogP contribution in [-0.2, 0) is 0 Å². The van der Waals surface area contributed by atoms with E-state index in [2.05, 4.69) is 29.1 Å². The summed E-state index contributed by atoms with van der Waals surface area (Å²) in [5.74, 6) is 1.63. The Morgan fingerprint density at radius 1 is 1.16 bits per heavy atom. The first-order valence-electron chi connectivity index (χ1n) is 8.86. The van der Waals surface area contributed by atoms with E-state index in [9.17, 15) is 4.79 Å². The van der Waals surface area contributed by atoms with E-state index in [-0.39, 0.29) is 5.91 Å². The maximum atomic E-state index is 12.5. The molecule has 0 radical (unpaired) electrons. The summed E-state index contributed by atoms with van der Waals surface area (Å²) in [6.07, 6.45) is 0. The summed E-state index contributed by atoms with van der Waals surface area (Å²) in [6, 6.07) is 3.52. The van der Waals surface area contributed by atoms with Gasteiger partial charge in [-0.3, -0.25) is 4.79 Å². The predicted octanol–water partition coefficient (Wildman–Crippen LogP) is 1.63. The highest BCUT2D eigenvalue weighted by Crippen LogP contribution is 2.29. The highest BCUT2D eigenvalue weighted by Gasteiger charge is 2.18. The lowest BCUT2D eigenvalue weighted by Crippen LogP contribution is -2.46. The van der Waals surface area contributed by atoms with Gasteiger partial charge in [-0.25, -0.2) is 0 Å². The first kappa shape index (κ1) is 19.5. The minimum Gasteiger partial charge on any atom is -0.496 e. The van der Waals surface area contributed by atoms with E-state index in [1.165, 1.54) is 0 Å². The van der Waals surface area contributed by atoms with Crippen molar-refractivity contribution in [3.63, 3.8) is 0 Å². The summed E-state index contributed by atoms with van der Waals surface area (Å²) in [6.45, 7) is 10.2. The van der Waals surface area contributed by atoms with Crippen molar-refractivity contribution in [3.8, 4) is 11.5 Å². The van der Waals surface area contributed by atoms with Crippen LogP contribution >= 0.6 is 0 Å². The minimum absolute atomic E-state index is 0.0955. The highest BCUT2D eigenvalue weighted by atomic mass is 16.5. The van der Waals surface area contributed by atoms with E-state index in [4.69, 9.17) is 9.47 Å². The molecule has 1 fully saturated rings. The minimum atomic E-state index is -0.0955. The number of methoxy groups -OCH3 is 2. The van der Waals surface area contributed by atoms with Crippen LogP contribution < -0.4 is 14.8 Å². The maximum absolute atomic E-state index is 12.5. The molecule has 140 valence electrons. The molecule has 0 bridgehead atoms. The molecule has 1 aromatic rings. The molecular weight excluding hydrogens is 318 g/mol. The van der Waals surface area contributed by atoms with Crippen LogP contribution in [0.15, 0.2) is 12.1 Å². The van der Waals surface area contributed by atoms with Crippen LogP contribution in [0.2, 0.25) is 0 Å². The average Bonchev–Trinajstić information content (AvgIpc) is 2.61. The maximum Gasteiger partial charge on any atom is 0.251 e. The largest absolute Gasteiger partial charge is 0.496 e. The van der Waals surface area contributed by atoms with E-state index >= 15 is 0 Å². The van der Waals surface area contributed by atoms with Gasteiger partial charge in [0.2, 0.25) is 0 Å². The van der Waals surface area contributed by atoms with Gasteiger partial charge < -0.3 is 24.6 Å². The smallest absolute Gasteiger partial charge is 0.251 e. The zero-order valence-corrected chi connectivity index (χ0v) is 16.1. The van der Waals surface area contributed by atoms with Gasteiger partial charge in [-0.2, -0.15) is 0 Å². The van der Waals surface area contributed by atoms with E-state index in [0.717, 1.165) is 38.3 Å². The molecule has 2 rings (SSSR count). The Kier molecular flexibility index (Phi) is 7.08. The van der Waals surface area contributed by atoms with Crippen molar-refractivity contribution < 1.29 is 14.3 Å². The Morgan fingerprint density at radius 2 is 1.72 bits per heavy atom. The van der Waals surface area contributed by atoms with Gasteiger partial charge in [0.25, 0.3) is 5.91 Å². The molecular formula is C19H31N3O3. The van der Waals surface area contributed by atoms with E-state index in [1.54, 1.807) is 26.4 Å². The number of rotatable bonds is 7. The number of benzene rings is 1. The molecule has 1 aliphatic heterocycles. The summed E-state index contributed by atoms with van der Waals surface area (Å²) in [5, 5.41) is 3.03. The fourth-order valence-corrected chi connectivity index (χ4v) is 3.12. The van der Waals surface area contributed by atoms with Crippen molar-refractivity contribution in [3.05, 3.63) is 23.3 Å². The fourth-order valence-electron chi connectivity index (χ4n) is 3.12. The molecule has 1 saturated heterocycles. The molecule has 1 N–H and O–H groups in total. The van der Waals surface area contributed by atoms with Crippen molar-refractivity contribution in [2.75, 3.05) is 60.5 Å². The number of likely N-dealkylation sites (N-methyl/N-ethyl adjacent to an activating group) is 1. The van der Waals surface area contributed by atoms with Crippen LogP contribution in [0.25, 0.3) is 0 Å². The molecule has 1 aliphatic rings. The van der Waals surface area contributed by atoms with E-state index in [1.807, 2.05) is 6.92 Å². The molecule has 0 saturated carbocycles. The Balaban J connectivity index is 1.89. The van der Waals surface area contributed by atoms with Crippen molar-refractivity contribution in [2.24, 2.45) is 5.92 Å². The molecule has 1 aromatic carbocycles. The summed E-state index contributed by atoms with van der Waals surface area (Å²) < 4.78 is 10.7. The van der Waals surface area contributed by atoms with E-state index in [0.29, 0.717) is 29.5 Å². The second-order valence-corrected chi connectivity index (χ2v) is 6.92. The van der Waals surface area contributed by atoms with Gasteiger partial charge in [-0.05, 0) is 32.0 Å². The number of carbonyl (C=O) groups is 1. The van der Waals surface area contributed by atoms with Crippen LogP contribution in [0.1, 0.15) is 22.8 Å². The summed E-state index contributed by atoms with van der Waals surface area (Å²) in [7, 11) is 5.36. The number of amides is 1. The van der Waals surface area contributed by atoms with Crippen LogP contribution in [0.4, 0.5) is 0 Å². The molecule has 0 aliphatic carbocycles. The zero-order valence-electron chi connectivity index (χ0n) is 16.1. The molecule has 1 heterocycles. The number of piperazine rings is 1. The van der Waals surface area contributed by atoms with Crippen LogP contribution in [0, 0.1) is 12.8 Å². The molecule has 1 atom stereocenters. The second-order valence-electron chi connectivity index (χ2n) is 6.92. The van der Waals surface area contributed by atoms with Crippen LogP contribution in [0.5, 0.6) is 11.5 Å². The third kappa shape index (κ3) is 5.34. The Hall–Kier alpha value is -1.79. The van der Waals surface area contributed by atoms with Crippen molar-refractivity contribution in [2.45, 2.75) is 13.8 Å². The van der Waals surface area contributed by atoms with Gasteiger partial charge in [-0.15, -0.1) is 0 Å². The van der Waals surface area contributed by atoms with Gasteiger partial charge in [0.05, 0.1) is 14.2 Å². The molecule has 0 spiro atoms. The van der Waals surface area contributed by atoms with Crippen LogP contribution in [0.3, 0.4) is 0 Å². The number of hydrogen-bond acceptors (Lipinski definition) is 5. The highest BCUT2D eigenvalue weighted by molar-refractivity contribution is 5.95. The molecule has 6 heteroatoms. The Bertz CT molecular complexity index is 558. The fraction of sp³-hybridized carbons (Fsp3) is 0.632. The Morgan fingerprint density at radius 3 is 2.24 bits per heavy atom. The lowest BCUT2D eigenvalue weighted by Gasteiger charge is -2.33. The number of nitrogens with zero attached hydrogens (tertiary/aromatic N) is 2. The zero-order chi connectivity index (χ0) is 18.4. The third-order valence-electron chi connectivity index (χ3n) is 4.79. The molecule has 6 nitrogen and oxygen atoms in total. The van der Waals surface area contributed by atoms with Crippen molar-refractivity contribution in [1.82, 2.24) is 15.1 Å². The van der Waals surface area contributed by atoms with Gasteiger partial charge >= 0.3 is 0 Å². The SMILES string of the molecule is COc1cc(C(=O)NC[C@@H](C)CN2CCN(C)CC2)cc(OC)c1C. The average molecular weight is 349 g/mol. The normalized spacial score (nSPS) is 17.2. The first-order valence-corrected chi connectivity index (χ1v) is 8.86. The summed E-state index contributed by atoms with van der Waals surface area (Å²) in [5.41, 5.74) is 1.45. The monoisotopic (exact) mass is 349 g/mol. The van der Waals surface area contributed by atoms with E-state index < -0.39 is 0 Å². The quantitative estimate of drug-likeness (QED) is 0.811. The number of nitrogens with one attached hydrogen (secondary N) is 1. The molecule has 1 amide bonds. The lowest BCUT2D eigenvalue weighted by atomic mass is 10.1. The number of ether oxygens (including phenoxy) is 2. The van der Waals surface area contributed by atoms with Crippen molar-refractivity contribution >= 4 is 5.91 Å². The summed E-state index contributed by atoms with van der Waals surface area (Å²) >= 11 is 0. The second kappa shape index (κ2) is 9.06. The topological polar surface area (TPSA) is 54.0 Å². The van der Waals surface area contributed by atoms with Gasteiger partial charge in [0.1, 0.15) is 11.5 Å². The number of carbonyl (C=O) groups excluding carboxylic acids is 1.